The van der Waals surface area contributed by atoms with Gasteiger partial charge in [-0.2, -0.15) is 0 Å². The molecule has 0 aromatic heterocycles. The SMILES string of the molecule is OC1CCC2N=C(C3=NCCS3)SC2C1.[Mn]. The van der Waals surface area contributed by atoms with Crippen molar-refractivity contribution in [1.82, 2.24) is 0 Å². The van der Waals surface area contributed by atoms with E-state index in [4.69, 9.17) is 4.99 Å². The standard InChI is InChI=1S/C10H14N2OS2.Mn/c13-6-1-2-7-8(5-6)15-10(12-7)9-11-3-4-14-9;/h6-8,13H,1-5H2;. The van der Waals surface area contributed by atoms with Crippen molar-refractivity contribution in [2.24, 2.45) is 9.98 Å². The zero-order chi connectivity index (χ0) is 10.3. The summed E-state index contributed by atoms with van der Waals surface area (Å²) in [5.74, 6) is 1.10. The van der Waals surface area contributed by atoms with Gasteiger partial charge in [-0.3, -0.25) is 9.98 Å². The van der Waals surface area contributed by atoms with E-state index in [9.17, 15) is 5.11 Å². The van der Waals surface area contributed by atoms with Crippen LogP contribution >= 0.6 is 23.5 Å². The summed E-state index contributed by atoms with van der Waals surface area (Å²) in [7, 11) is 0. The molecule has 3 nitrogen and oxygen atoms in total. The van der Waals surface area contributed by atoms with E-state index in [-0.39, 0.29) is 23.2 Å². The monoisotopic (exact) mass is 297 g/mol. The first-order chi connectivity index (χ1) is 7.33. The topological polar surface area (TPSA) is 45.0 Å². The van der Waals surface area contributed by atoms with Crippen LogP contribution < -0.4 is 0 Å². The predicted octanol–water partition coefficient (Wildman–Crippen LogP) is 1.56. The van der Waals surface area contributed by atoms with Gasteiger partial charge in [0.1, 0.15) is 10.1 Å². The molecule has 89 valence electrons. The average molecular weight is 297 g/mol. The number of aliphatic imine (C=N–C) groups is 2. The largest absolute Gasteiger partial charge is 0.393 e. The Bertz CT molecular complexity index is 335. The summed E-state index contributed by atoms with van der Waals surface area (Å²) >= 11 is 3.66. The first-order valence-corrected chi connectivity index (χ1v) is 7.29. The Hall–Kier alpha value is 0.519. The van der Waals surface area contributed by atoms with Gasteiger partial charge in [-0.05, 0) is 19.3 Å². The van der Waals surface area contributed by atoms with Crippen molar-refractivity contribution in [3.63, 3.8) is 0 Å². The number of aliphatic hydroxyl groups is 1. The van der Waals surface area contributed by atoms with Crippen molar-refractivity contribution in [3.05, 3.63) is 0 Å². The second-order valence-electron chi connectivity index (χ2n) is 4.16. The van der Waals surface area contributed by atoms with Gasteiger partial charge in [0.25, 0.3) is 0 Å². The van der Waals surface area contributed by atoms with Gasteiger partial charge in [0.15, 0.2) is 0 Å². The second kappa shape index (κ2) is 5.44. The van der Waals surface area contributed by atoms with E-state index in [1.807, 2.05) is 23.5 Å². The molecule has 2 aliphatic heterocycles. The Morgan fingerprint density at radius 3 is 2.88 bits per heavy atom. The Balaban J connectivity index is 0.000000963. The van der Waals surface area contributed by atoms with Crippen molar-refractivity contribution in [2.45, 2.75) is 36.7 Å². The average Bonchev–Trinajstić information content (AvgIpc) is 2.84. The third-order valence-electron chi connectivity index (χ3n) is 3.04. The summed E-state index contributed by atoms with van der Waals surface area (Å²) < 4.78 is 0. The van der Waals surface area contributed by atoms with Crippen molar-refractivity contribution in [2.75, 3.05) is 12.3 Å². The summed E-state index contributed by atoms with van der Waals surface area (Å²) in [6.07, 6.45) is 2.75. The maximum Gasteiger partial charge on any atom is 0.123 e. The van der Waals surface area contributed by atoms with E-state index < -0.39 is 0 Å². The molecule has 1 radical (unpaired) electrons. The molecule has 3 unspecified atom stereocenters. The normalized spacial score (nSPS) is 37.4. The molecule has 0 spiro atoms. The number of nitrogens with zero attached hydrogens (tertiary/aromatic N) is 2. The van der Waals surface area contributed by atoms with Crippen molar-refractivity contribution >= 4 is 33.6 Å². The predicted molar refractivity (Wildman–Crippen MR) is 67.2 cm³/mol. The van der Waals surface area contributed by atoms with Crippen LogP contribution in [-0.2, 0) is 17.1 Å². The summed E-state index contributed by atoms with van der Waals surface area (Å²) in [4.78, 5) is 9.20. The Morgan fingerprint density at radius 2 is 2.12 bits per heavy atom. The molecule has 1 aliphatic carbocycles. The van der Waals surface area contributed by atoms with Crippen molar-refractivity contribution in [1.29, 1.82) is 0 Å². The van der Waals surface area contributed by atoms with Crippen LogP contribution in [0, 0.1) is 0 Å². The minimum atomic E-state index is -0.105. The fourth-order valence-electron chi connectivity index (χ4n) is 2.26. The summed E-state index contributed by atoms with van der Waals surface area (Å²) in [6, 6.07) is 0.442. The molecule has 1 saturated carbocycles. The van der Waals surface area contributed by atoms with E-state index in [2.05, 4.69) is 4.99 Å². The molecular weight excluding hydrogens is 283 g/mol. The number of thioether (sulfide) groups is 2. The maximum atomic E-state index is 9.61. The van der Waals surface area contributed by atoms with Gasteiger partial charge >= 0.3 is 0 Å². The minimum Gasteiger partial charge on any atom is -0.393 e. The molecule has 1 fully saturated rings. The van der Waals surface area contributed by atoms with Gasteiger partial charge in [0.2, 0.25) is 0 Å². The molecule has 16 heavy (non-hydrogen) atoms. The molecule has 0 aromatic carbocycles. The van der Waals surface area contributed by atoms with Crippen LogP contribution in [0.15, 0.2) is 9.98 Å². The molecule has 0 amide bonds. The number of hydrogen-bond donors (Lipinski definition) is 1. The summed E-state index contributed by atoms with van der Waals surface area (Å²) in [5.41, 5.74) is 0. The second-order valence-corrected chi connectivity index (χ2v) is 6.47. The third kappa shape index (κ3) is 2.51. The van der Waals surface area contributed by atoms with E-state index in [0.29, 0.717) is 11.3 Å². The fraction of sp³-hybridized carbons (Fsp3) is 0.800. The first-order valence-electron chi connectivity index (χ1n) is 5.43. The molecule has 3 aliphatic rings. The van der Waals surface area contributed by atoms with Crippen LogP contribution in [0.3, 0.4) is 0 Å². The van der Waals surface area contributed by atoms with Gasteiger partial charge in [-0.25, -0.2) is 0 Å². The molecule has 0 saturated heterocycles. The van der Waals surface area contributed by atoms with Gasteiger partial charge in [-0.1, -0.05) is 11.8 Å². The van der Waals surface area contributed by atoms with E-state index >= 15 is 0 Å². The molecule has 1 N–H and O–H groups in total. The zero-order valence-electron chi connectivity index (χ0n) is 8.80. The third-order valence-corrected chi connectivity index (χ3v) is 5.49. The van der Waals surface area contributed by atoms with Crippen LogP contribution in [-0.4, -0.2) is 44.9 Å². The molecule has 6 heteroatoms. The van der Waals surface area contributed by atoms with Crippen molar-refractivity contribution < 1.29 is 22.2 Å². The molecule has 0 aromatic rings. The van der Waals surface area contributed by atoms with Crippen LogP contribution in [0.1, 0.15) is 19.3 Å². The molecule has 3 atom stereocenters. The number of hydrogen-bond acceptors (Lipinski definition) is 5. The van der Waals surface area contributed by atoms with Gasteiger partial charge < -0.3 is 5.11 Å². The molecule has 3 rings (SSSR count). The number of aliphatic hydroxyl groups excluding tert-OH is 1. The first kappa shape index (κ1) is 13.0. The van der Waals surface area contributed by atoms with E-state index in [1.165, 1.54) is 0 Å². The van der Waals surface area contributed by atoms with Crippen molar-refractivity contribution in [3.8, 4) is 0 Å². The fourth-order valence-corrected chi connectivity index (χ4v) is 4.64. The smallest absolute Gasteiger partial charge is 0.123 e. The Morgan fingerprint density at radius 1 is 1.25 bits per heavy atom. The van der Waals surface area contributed by atoms with Gasteiger partial charge in [0.05, 0.1) is 12.1 Å². The van der Waals surface area contributed by atoms with Crippen LogP contribution in [0.25, 0.3) is 0 Å². The van der Waals surface area contributed by atoms with Crippen LogP contribution in [0.2, 0.25) is 0 Å². The summed E-state index contributed by atoms with van der Waals surface area (Å²) in [5, 5.41) is 12.4. The Labute approximate surface area is 114 Å². The number of fused-ring (bicyclic) bond motifs is 1. The van der Waals surface area contributed by atoms with Crippen LogP contribution in [0.4, 0.5) is 0 Å². The van der Waals surface area contributed by atoms with Gasteiger partial charge in [-0.15, -0.1) is 11.8 Å². The van der Waals surface area contributed by atoms with Gasteiger partial charge in [0, 0.05) is 34.6 Å². The van der Waals surface area contributed by atoms with E-state index in [1.54, 1.807) is 0 Å². The molecule has 0 bridgehead atoms. The van der Waals surface area contributed by atoms with E-state index in [0.717, 1.165) is 41.6 Å². The van der Waals surface area contributed by atoms with Crippen LogP contribution in [0.5, 0.6) is 0 Å². The molecule has 2 heterocycles. The Kier molecular flexibility index (Phi) is 4.41. The quantitative estimate of drug-likeness (QED) is 0.747. The summed E-state index contributed by atoms with van der Waals surface area (Å²) in [6.45, 7) is 0.942. The maximum absolute atomic E-state index is 9.61. The number of rotatable bonds is 1. The molecular formula is C10H14MnN2OS2. The zero-order valence-corrected chi connectivity index (χ0v) is 11.6. The minimum absolute atomic E-state index is 0.